The van der Waals surface area contributed by atoms with Crippen LogP contribution in [-0.4, -0.2) is 84.4 Å². The number of piperidine rings is 2. The topological polar surface area (TPSA) is 144 Å². The number of aldehydes is 1. The van der Waals surface area contributed by atoms with Crippen molar-refractivity contribution in [1.82, 2.24) is 9.80 Å². The first-order valence-electron chi connectivity index (χ1n) is 17.8. The summed E-state index contributed by atoms with van der Waals surface area (Å²) in [7, 11) is 3.45. The van der Waals surface area contributed by atoms with Crippen LogP contribution in [0.15, 0.2) is 47.5 Å². The summed E-state index contributed by atoms with van der Waals surface area (Å²) < 4.78 is 11.2. The minimum absolute atomic E-state index is 0.115. The maximum Gasteiger partial charge on any atom is 0.179 e. The van der Waals surface area contributed by atoms with Gasteiger partial charge in [0.05, 0.1) is 28.7 Å². The van der Waals surface area contributed by atoms with Gasteiger partial charge in [-0.1, -0.05) is 24.3 Å². The first-order chi connectivity index (χ1) is 24.5. The molecule has 1 unspecified atom stereocenters. The van der Waals surface area contributed by atoms with E-state index in [1.165, 1.54) is 0 Å². The van der Waals surface area contributed by atoms with Crippen LogP contribution in [0.1, 0.15) is 96.7 Å². The van der Waals surface area contributed by atoms with Crippen molar-refractivity contribution in [2.24, 2.45) is 5.92 Å². The third-order valence-corrected chi connectivity index (χ3v) is 11.5. The normalized spacial score (nSPS) is 21.5. The van der Waals surface area contributed by atoms with Crippen LogP contribution in [0.4, 0.5) is 0 Å². The number of carbonyl (C=O) groups is 3. The molecule has 0 spiro atoms. The quantitative estimate of drug-likeness (QED) is 0.378. The molecule has 1 N–H and O–H groups in total. The maximum absolute atomic E-state index is 12.6. The van der Waals surface area contributed by atoms with Crippen molar-refractivity contribution in [2.45, 2.75) is 82.5 Å². The van der Waals surface area contributed by atoms with Gasteiger partial charge in [0.2, 0.25) is 0 Å². The molecule has 2 aromatic carbocycles. The van der Waals surface area contributed by atoms with Crippen molar-refractivity contribution >= 4 is 29.2 Å². The number of rotatable bonds is 7. The van der Waals surface area contributed by atoms with Gasteiger partial charge in [0.1, 0.15) is 29.6 Å². The fourth-order valence-corrected chi connectivity index (χ4v) is 7.64. The summed E-state index contributed by atoms with van der Waals surface area (Å²) in [5.41, 5.74) is 6.56. The predicted molar refractivity (Wildman–Crippen MR) is 191 cm³/mol. The Kier molecular flexibility index (Phi) is 10.3. The Morgan fingerprint density at radius 3 is 1.65 bits per heavy atom. The molecule has 2 heterocycles. The van der Waals surface area contributed by atoms with E-state index in [0.717, 1.165) is 91.4 Å². The first-order valence-corrected chi connectivity index (χ1v) is 17.8. The standard InChI is InChI=1S/C22H26N2O3.C19H20N2O3/c1-22(27-2)7-9-24(10-8-22)20-17-11-16(21(26)14-3-4-14)6-5-15(17)12-19(25)18(20)13-23;1-19(24-2)5-7-21(8-6-19)18-15-9-13(12-22)3-4-14(15)10-17(23)16(18)11-20/h5-6,11,14,21,26H,3-4,7-10,12H2,1-2H3;3-4,9,12H,5-8,10H2,1-2H3. The largest absolute Gasteiger partial charge is 0.388 e. The van der Waals surface area contributed by atoms with Gasteiger partial charge in [0.15, 0.2) is 11.6 Å². The molecule has 1 atom stereocenters. The zero-order valence-electron chi connectivity index (χ0n) is 30.0. The van der Waals surface area contributed by atoms with E-state index in [9.17, 15) is 30.0 Å². The lowest BCUT2D eigenvalue weighted by atomic mass is 9.84. The van der Waals surface area contributed by atoms with Gasteiger partial charge >= 0.3 is 0 Å². The summed E-state index contributed by atoms with van der Waals surface area (Å²) in [6, 6.07) is 15.4. The predicted octanol–water partition coefficient (Wildman–Crippen LogP) is 5.35. The summed E-state index contributed by atoms with van der Waals surface area (Å²) in [6.45, 7) is 7.09. The number of carbonyl (C=O) groups excluding carboxylic acids is 3. The molecular formula is C41H46N4O6. The van der Waals surface area contributed by atoms with E-state index in [1.54, 1.807) is 26.4 Å². The fourth-order valence-electron chi connectivity index (χ4n) is 7.64. The Hall–Kier alpha value is -4.61. The highest BCUT2D eigenvalue weighted by Crippen LogP contribution is 2.43. The van der Waals surface area contributed by atoms with Crippen LogP contribution in [0.2, 0.25) is 0 Å². The molecule has 5 aliphatic rings. The van der Waals surface area contributed by atoms with E-state index < -0.39 is 6.10 Å². The van der Waals surface area contributed by atoms with Crippen molar-refractivity contribution in [3.8, 4) is 12.1 Å². The SMILES string of the molecule is COC1(C)CCN(C2=C(C#N)C(=O)Cc3ccc(C(O)C4CC4)cc32)CC1.COC1(C)CCN(C2=C(C#N)C(=O)Cc3ccc(C=O)cc32)CC1. The Bertz CT molecular complexity index is 1880. The average molecular weight is 691 g/mol. The third kappa shape index (κ3) is 7.27. The molecule has 0 aromatic heterocycles. The van der Waals surface area contributed by atoms with Crippen molar-refractivity contribution in [3.63, 3.8) is 0 Å². The number of ether oxygens (including phenoxy) is 2. The molecule has 1 saturated carbocycles. The molecule has 7 rings (SSSR count). The van der Waals surface area contributed by atoms with E-state index >= 15 is 0 Å². The third-order valence-electron chi connectivity index (χ3n) is 11.5. The molecule has 2 saturated heterocycles. The van der Waals surface area contributed by atoms with Gasteiger partial charge in [-0.25, -0.2) is 0 Å². The van der Waals surface area contributed by atoms with Crippen molar-refractivity contribution < 1.29 is 29.0 Å². The smallest absolute Gasteiger partial charge is 0.179 e. The number of hydrogen-bond donors (Lipinski definition) is 1. The highest BCUT2D eigenvalue weighted by molar-refractivity contribution is 6.10. The highest BCUT2D eigenvalue weighted by atomic mass is 16.5. The lowest BCUT2D eigenvalue weighted by molar-refractivity contribution is -0.115. The Morgan fingerprint density at radius 2 is 1.24 bits per heavy atom. The van der Waals surface area contributed by atoms with Crippen LogP contribution in [0.5, 0.6) is 0 Å². The van der Waals surface area contributed by atoms with Crippen molar-refractivity contribution in [2.75, 3.05) is 40.4 Å². The summed E-state index contributed by atoms with van der Waals surface area (Å²) >= 11 is 0. The van der Waals surface area contributed by atoms with E-state index in [2.05, 4.69) is 35.8 Å². The molecule has 0 bridgehead atoms. The average Bonchev–Trinajstić information content (AvgIpc) is 4.00. The molecule has 2 aliphatic heterocycles. The maximum atomic E-state index is 12.6. The summed E-state index contributed by atoms with van der Waals surface area (Å²) in [5.74, 6) is 0.0723. The molecule has 10 heteroatoms. The number of nitriles is 2. The molecule has 0 amide bonds. The van der Waals surface area contributed by atoms with Gasteiger partial charge in [-0.05, 0) is 87.1 Å². The van der Waals surface area contributed by atoms with Crippen LogP contribution in [0.3, 0.4) is 0 Å². The molecule has 0 radical (unpaired) electrons. The lowest BCUT2D eigenvalue weighted by Gasteiger charge is -2.41. The van der Waals surface area contributed by atoms with Gasteiger partial charge < -0.3 is 24.4 Å². The zero-order valence-corrected chi connectivity index (χ0v) is 30.0. The number of methoxy groups -OCH3 is 2. The Balaban J connectivity index is 0.000000177. The number of aliphatic hydroxyl groups excluding tert-OH is 1. The molecule has 3 fully saturated rings. The number of ketones is 2. The number of aliphatic hydroxyl groups is 1. The van der Waals surface area contributed by atoms with Crippen LogP contribution < -0.4 is 0 Å². The molecular weight excluding hydrogens is 644 g/mol. The van der Waals surface area contributed by atoms with Crippen LogP contribution in [0.25, 0.3) is 11.4 Å². The molecule has 3 aliphatic carbocycles. The first kappa shape index (κ1) is 36.2. The minimum atomic E-state index is -0.460. The number of fused-ring (bicyclic) bond motifs is 2. The van der Waals surface area contributed by atoms with E-state index in [1.807, 2.05) is 24.3 Å². The number of likely N-dealkylation sites (tertiary alicyclic amines) is 2. The second-order valence-electron chi connectivity index (χ2n) is 14.9. The van der Waals surface area contributed by atoms with E-state index in [0.29, 0.717) is 30.3 Å². The zero-order chi connectivity index (χ0) is 36.5. The number of benzene rings is 2. The van der Waals surface area contributed by atoms with Gasteiger partial charge in [0, 0.05) is 69.9 Å². The van der Waals surface area contributed by atoms with E-state index in [-0.39, 0.29) is 46.8 Å². The van der Waals surface area contributed by atoms with Crippen LogP contribution in [0, 0.1) is 28.6 Å². The van der Waals surface area contributed by atoms with Crippen LogP contribution in [-0.2, 0) is 31.9 Å². The lowest BCUT2D eigenvalue weighted by Crippen LogP contribution is -2.43. The molecule has 10 nitrogen and oxygen atoms in total. The van der Waals surface area contributed by atoms with Crippen molar-refractivity contribution in [1.29, 1.82) is 10.5 Å². The molecule has 2 aromatic rings. The second kappa shape index (κ2) is 14.6. The summed E-state index contributed by atoms with van der Waals surface area (Å²) in [4.78, 5) is 40.3. The van der Waals surface area contributed by atoms with Gasteiger partial charge in [0.25, 0.3) is 0 Å². The van der Waals surface area contributed by atoms with Crippen molar-refractivity contribution in [3.05, 3.63) is 80.9 Å². The summed E-state index contributed by atoms with van der Waals surface area (Å²) in [6.07, 6.45) is 6.26. The second-order valence-corrected chi connectivity index (χ2v) is 14.9. The van der Waals surface area contributed by atoms with Crippen LogP contribution >= 0.6 is 0 Å². The van der Waals surface area contributed by atoms with Gasteiger partial charge in [-0.3, -0.25) is 14.4 Å². The number of nitrogens with zero attached hydrogens (tertiary/aromatic N) is 4. The Labute approximate surface area is 299 Å². The summed E-state index contributed by atoms with van der Waals surface area (Å²) in [5, 5.41) is 29.8. The molecule has 51 heavy (non-hydrogen) atoms. The monoisotopic (exact) mass is 690 g/mol. The number of allylic oxidation sites excluding steroid dienone is 2. The fraction of sp³-hybridized carbons (Fsp3) is 0.488. The number of Topliss-reactive ketones (excluding diaryl/α,β-unsaturated/α-hetero) is 2. The number of hydrogen-bond acceptors (Lipinski definition) is 10. The highest BCUT2D eigenvalue weighted by Gasteiger charge is 2.38. The van der Waals surface area contributed by atoms with E-state index in [4.69, 9.17) is 9.47 Å². The van der Waals surface area contributed by atoms with Gasteiger partial charge in [-0.15, -0.1) is 0 Å². The Morgan fingerprint density at radius 1 is 0.784 bits per heavy atom. The van der Waals surface area contributed by atoms with Gasteiger partial charge in [-0.2, -0.15) is 10.5 Å². The molecule has 266 valence electrons. The minimum Gasteiger partial charge on any atom is -0.388 e.